The maximum atomic E-state index is 13.0. The highest BCUT2D eigenvalue weighted by Gasteiger charge is 2.31. The summed E-state index contributed by atoms with van der Waals surface area (Å²) in [7, 11) is 0. The van der Waals surface area contributed by atoms with Gasteiger partial charge in [0.25, 0.3) is 5.70 Å². The van der Waals surface area contributed by atoms with Gasteiger partial charge in [-0.05, 0) is 67.4 Å². The van der Waals surface area contributed by atoms with Crippen LogP contribution in [0.4, 0.5) is 5.69 Å². The summed E-state index contributed by atoms with van der Waals surface area (Å²) in [5.74, 6) is -2.28. The summed E-state index contributed by atoms with van der Waals surface area (Å²) in [6, 6.07) is 15.8. The van der Waals surface area contributed by atoms with Gasteiger partial charge in [0, 0.05) is 6.08 Å². The monoisotopic (exact) mass is 614 g/mol. The Balaban J connectivity index is 1.60. The second kappa shape index (κ2) is 14.6. The average Bonchev–Trinajstić information content (AvgIpc) is 3.48. The first-order valence-electron chi connectivity index (χ1n) is 13.2. The van der Waals surface area contributed by atoms with Gasteiger partial charge in [-0.25, -0.2) is 19.2 Å². The molecule has 3 aromatic carbocycles. The van der Waals surface area contributed by atoms with Crippen LogP contribution < -0.4 is 19.5 Å². The van der Waals surface area contributed by atoms with Crippen LogP contribution in [0.1, 0.15) is 40.1 Å². The van der Waals surface area contributed by atoms with Gasteiger partial charge >= 0.3 is 23.9 Å². The van der Waals surface area contributed by atoms with E-state index in [9.17, 15) is 19.2 Å². The molecule has 0 spiro atoms. The van der Waals surface area contributed by atoms with Gasteiger partial charge < -0.3 is 29.0 Å². The summed E-state index contributed by atoms with van der Waals surface area (Å²) in [4.78, 5) is 53.2. The molecule has 0 atom stereocenters. The predicted molar refractivity (Wildman–Crippen MR) is 160 cm³/mol. The third-order valence-corrected chi connectivity index (χ3v) is 7.12. The summed E-state index contributed by atoms with van der Waals surface area (Å²) in [6.07, 6.45) is 1.82. The van der Waals surface area contributed by atoms with Gasteiger partial charge in [-0.3, -0.25) is 4.79 Å². The maximum Gasteiger partial charge on any atom is 0.343 e. The Morgan fingerprint density at radius 3 is 2.09 bits per heavy atom. The zero-order valence-electron chi connectivity index (χ0n) is 23.7. The molecule has 0 aromatic heterocycles. The van der Waals surface area contributed by atoms with Crippen molar-refractivity contribution >= 4 is 41.3 Å². The number of fused-ring (bicyclic) bond motifs is 1. The Labute approximate surface area is 257 Å². The number of carbonyl (C=O) groups excluding carboxylic acids is 4. The Kier molecular flexibility index (Phi) is 10.4. The molecule has 224 valence electrons. The molecule has 0 saturated carbocycles. The quantitative estimate of drug-likeness (QED) is 0.0908. The smallest absolute Gasteiger partial charge is 0.343 e. The minimum Gasteiger partial charge on any atom is -0.471 e. The van der Waals surface area contributed by atoms with Crippen molar-refractivity contribution in [3.63, 3.8) is 0 Å². The molecule has 1 N–H and O–H groups in total. The Morgan fingerprint density at radius 2 is 1.50 bits per heavy atom. The van der Waals surface area contributed by atoms with Crippen LogP contribution in [0.25, 0.3) is 4.85 Å². The summed E-state index contributed by atoms with van der Waals surface area (Å²) in [5.41, 5.74) is 1.49. The maximum absolute atomic E-state index is 13.0. The van der Waals surface area contributed by atoms with Crippen LogP contribution in [0.5, 0.6) is 17.2 Å². The van der Waals surface area contributed by atoms with Gasteiger partial charge in [0.2, 0.25) is 6.79 Å². The van der Waals surface area contributed by atoms with Crippen LogP contribution in [-0.4, -0.2) is 37.3 Å². The van der Waals surface area contributed by atoms with Gasteiger partial charge in [-0.2, -0.15) is 0 Å². The van der Waals surface area contributed by atoms with Gasteiger partial charge in [-0.1, -0.05) is 37.4 Å². The average molecular weight is 615 g/mol. The van der Waals surface area contributed by atoms with Crippen molar-refractivity contribution in [3.8, 4) is 17.2 Å². The largest absolute Gasteiger partial charge is 0.471 e. The van der Waals surface area contributed by atoms with E-state index in [2.05, 4.69) is 16.7 Å². The van der Waals surface area contributed by atoms with E-state index in [1.165, 1.54) is 36.4 Å². The molecule has 4 rings (SSSR count). The number of aryl methyl sites for hydroxylation is 1. The van der Waals surface area contributed by atoms with Crippen molar-refractivity contribution in [3.05, 3.63) is 112 Å². The molecule has 0 aliphatic carbocycles. The van der Waals surface area contributed by atoms with Crippen molar-refractivity contribution in [1.29, 1.82) is 0 Å². The third-order valence-electron chi connectivity index (χ3n) is 6.01. The molecule has 1 aliphatic rings. The minimum absolute atomic E-state index is 0.0646. The van der Waals surface area contributed by atoms with Gasteiger partial charge in [0.15, 0.2) is 5.75 Å². The van der Waals surface area contributed by atoms with Crippen LogP contribution in [0.3, 0.4) is 0 Å². The number of benzene rings is 3. The third kappa shape index (κ3) is 7.45. The van der Waals surface area contributed by atoms with Crippen LogP contribution in [0.15, 0.2) is 88.9 Å². The van der Waals surface area contributed by atoms with Crippen molar-refractivity contribution in [2.45, 2.75) is 25.2 Å². The van der Waals surface area contributed by atoms with E-state index < -0.39 is 23.9 Å². The molecule has 1 aliphatic heterocycles. The highest BCUT2D eigenvalue weighted by Crippen LogP contribution is 2.52. The fourth-order valence-corrected chi connectivity index (χ4v) is 4.81. The van der Waals surface area contributed by atoms with Crippen molar-refractivity contribution < 1.29 is 42.9 Å². The van der Waals surface area contributed by atoms with E-state index in [0.717, 1.165) is 29.8 Å². The molecule has 44 heavy (non-hydrogen) atoms. The second-order valence-corrected chi connectivity index (χ2v) is 9.81. The van der Waals surface area contributed by atoms with Crippen LogP contribution in [0.2, 0.25) is 0 Å². The molecule has 1 heterocycles. The molecule has 0 fully saturated rings. The van der Waals surface area contributed by atoms with Crippen LogP contribution in [-0.2, 0) is 25.5 Å². The Morgan fingerprint density at radius 1 is 0.886 bits per heavy atom. The van der Waals surface area contributed by atoms with E-state index in [1.807, 2.05) is 19.1 Å². The van der Waals surface area contributed by atoms with Crippen molar-refractivity contribution in [2.24, 2.45) is 0 Å². The lowest BCUT2D eigenvalue weighted by molar-refractivity contribution is -0.144. The number of hydrogen-bond donors (Lipinski definition) is 1. The predicted octanol–water partition coefficient (Wildman–Crippen LogP) is 5.92. The second-order valence-electron chi connectivity index (χ2n) is 8.79. The van der Waals surface area contributed by atoms with E-state index in [0.29, 0.717) is 16.2 Å². The summed E-state index contributed by atoms with van der Waals surface area (Å²) in [6.45, 7) is 14.2. The number of esters is 4. The highest BCUT2D eigenvalue weighted by atomic mass is 32.2. The van der Waals surface area contributed by atoms with Crippen LogP contribution in [0, 0.1) is 6.57 Å². The van der Waals surface area contributed by atoms with E-state index in [1.54, 1.807) is 19.1 Å². The number of carbonyl (C=O) groups is 4. The summed E-state index contributed by atoms with van der Waals surface area (Å²) < 4.78 is 26.4. The topological polar surface area (TPSA) is 131 Å². The molecule has 11 nitrogen and oxygen atoms in total. The summed E-state index contributed by atoms with van der Waals surface area (Å²) in [5, 5.41) is 3.09. The lowest BCUT2D eigenvalue weighted by Gasteiger charge is -2.13. The standard InChI is InChI=1S/C32H26N2O9S/c1-5-19-8-10-20(11-9-19)30(36)42-23-16-17-24(28-26(23)34-29(44-28)27(33-4)32(38)39-7-3)43-31(37)21-12-14-22(15-13-21)40-18-41-25(35)6-2/h6,8-17,34H,2,5,7,18H2,1,3H3/b29-27-. The lowest BCUT2D eigenvalue weighted by Crippen LogP contribution is -2.12. The van der Waals surface area contributed by atoms with Crippen molar-refractivity contribution in [1.82, 2.24) is 0 Å². The molecule has 12 heteroatoms. The fourth-order valence-electron chi connectivity index (χ4n) is 3.76. The molecule has 0 bridgehead atoms. The molecular weight excluding hydrogens is 588 g/mol. The van der Waals surface area contributed by atoms with Crippen molar-refractivity contribution in [2.75, 3.05) is 18.7 Å². The van der Waals surface area contributed by atoms with Gasteiger partial charge in [0.1, 0.15) is 11.5 Å². The van der Waals surface area contributed by atoms with Gasteiger partial charge in [0.05, 0.1) is 39.9 Å². The molecule has 0 unspecified atom stereocenters. The number of anilines is 1. The number of nitrogens with one attached hydrogen (secondary N) is 1. The van der Waals surface area contributed by atoms with E-state index >= 15 is 0 Å². The Bertz CT molecular complexity index is 1670. The molecule has 0 amide bonds. The number of thioether (sulfide) groups is 1. The first-order chi connectivity index (χ1) is 21.3. The first kappa shape index (κ1) is 31.4. The highest BCUT2D eigenvalue weighted by molar-refractivity contribution is 8.03. The first-order valence-corrected chi connectivity index (χ1v) is 14.1. The summed E-state index contributed by atoms with van der Waals surface area (Å²) >= 11 is 0.961. The lowest BCUT2D eigenvalue weighted by atomic mass is 10.1. The number of ether oxygens (including phenoxy) is 5. The number of hydrogen-bond acceptors (Lipinski definition) is 11. The number of rotatable bonds is 11. The zero-order valence-corrected chi connectivity index (χ0v) is 24.5. The minimum atomic E-state index is -0.833. The molecule has 0 radical (unpaired) electrons. The van der Waals surface area contributed by atoms with Gasteiger partial charge in [-0.15, -0.1) is 0 Å². The molecule has 0 saturated heterocycles. The normalized spacial score (nSPS) is 12.5. The molecule has 3 aromatic rings. The van der Waals surface area contributed by atoms with Crippen LogP contribution >= 0.6 is 11.8 Å². The fraction of sp³-hybridized carbons (Fsp3) is 0.156. The Hall–Kier alpha value is -5.54. The van der Waals surface area contributed by atoms with E-state index in [4.69, 9.17) is 30.3 Å². The zero-order chi connectivity index (χ0) is 31.6. The molecular formula is C32H26N2O9S. The SMILES string of the molecule is [C-]#[N+]/C(C(=O)OCC)=C1/Nc2c(OC(=O)c3ccc(CC)cc3)ccc(OC(=O)c3ccc(OCOC(=O)C=C)cc3)c2S1. The van der Waals surface area contributed by atoms with E-state index in [-0.39, 0.29) is 46.9 Å². The number of nitrogens with zero attached hydrogens (tertiary/aromatic N) is 1.